The van der Waals surface area contributed by atoms with Crippen LogP contribution in [0.25, 0.3) is 0 Å². The number of carbonyl (C=O) groups is 1. The summed E-state index contributed by atoms with van der Waals surface area (Å²) in [5, 5.41) is 16.4. The molecule has 8 heteroatoms. The highest BCUT2D eigenvalue weighted by atomic mass is 32.2. The van der Waals surface area contributed by atoms with Gasteiger partial charge < -0.3 is 9.52 Å². The van der Waals surface area contributed by atoms with Gasteiger partial charge in [-0.1, -0.05) is 11.8 Å². The number of thioether (sulfide) groups is 1. The van der Waals surface area contributed by atoms with E-state index in [1.54, 1.807) is 6.92 Å². The lowest BCUT2D eigenvalue weighted by atomic mass is 10.3. The molecule has 0 bridgehead atoms. The van der Waals surface area contributed by atoms with E-state index in [1.165, 1.54) is 23.1 Å². The maximum atomic E-state index is 10.7. The minimum absolute atomic E-state index is 0.0176. The average molecular weight is 285 g/mol. The molecular formula is C10H11N3O3S2. The predicted molar refractivity (Wildman–Crippen MR) is 66.8 cm³/mol. The number of thiazole rings is 1. The molecule has 96 valence electrons. The molecule has 0 aliphatic carbocycles. The van der Waals surface area contributed by atoms with Crippen molar-refractivity contribution in [1.82, 2.24) is 15.2 Å². The minimum atomic E-state index is -0.842. The van der Waals surface area contributed by atoms with Gasteiger partial charge in [-0.05, 0) is 6.92 Å². The summed E-state index contributed by atoms with van der Waals surface area (Å²) < 4.78 is 6.07. The number of nitrogens with zero attached hydrogens (tertiary/aromatic N) is 3. The number of aryl methyl sites for hydroxylation is 2. The quantitative estimate of drug-likeness (QED) is 0.841. The lowest BCUT2D eigenvalue weighted by Gasteiger charge is -1.91. The molecule has 0 unspecified atom stereocenters. The second kappa shape index (κ2) is 5.49. The summed E-state index contributed by atoms with van der Waals surface area (Å²) in [6.07, 6.45) is 0.0176. The van der Waals surface area contributed by atoms with Crippen molar-refractivity contribution in [2.45, 2.75) is 30.4 Å². The zero-order chi connectivity index (χ0) is 13.1. The molecule has 0 fully saturated rings. The topological polar surface area (TPSA) is 89.1 Å². The Labute approximate surface area is 111 Å². The van der Waals surface area contributed by atoms with Crippen LogP contribution in [0.5, 0.6) is 0 Å². The number of rotatable bonds is 5. The van der Waals surface area contributed by atoms with Gasteiger partial charge in [0.15, 0.2) is 4.34 Å². The molecule has 0 aromatic carbocycles. The number of aliphatic carboxylic acids is 1. The number of carboxylic acids is 1. The fraction of sp³-hybridized carbons (Fsp3) is 0.400. The molecule has 0 atom stereocenters. The average Bonchev–Trinajstić information content (AvgIpc) is 2.83. The fourth-order valence-electron chi connectivity index (χ4n) is 1.28. The van der Waals surface area contributed by atoms with Crippen molar-refractivity contribution in [2.24, 2.45) is 0 Å². The van der Waals surface area contributed by atoms with Crippen molar-refractivity contribution in [3.63, 3.8) is 0 Å². The van der Waals surface area contributed by atoms with Gasteiger partial charge in [0.2, 0.25) is 11.8 Å². The molecule has 6 nitrogen and oxygen atoms in total. The first kappa shape index (κ1) is 13.0. The first-order valence-corrected chi connectivity index (χ1v) is 6.94. The van der Waals surface area contributed by atoms with E-state index in [1.807, 2.05) is 6.92 Å². The maximum Gasteiger partial charge on any atom is 0.308 e. The van der Waals surface area contributed by atoms with Crippen molar-refractivity contribution in [1.29, 1.82) is 0 Å². The normalized spacial score (nSPS) is 10.8. The van der Waals surface area contributed by atoms with Crippen LogP contribution in [0.1, 0.15) is 22.4 Å². The Hall–Kier alpha value is -1.41. The van der Waals surface area contributed by atoms with Crippen molar-refractivity contribution >= 4 is 29.1 Å². The Morgan fingerprint density at radius 1 is 1.44 bits per heavy atom. The largest absolute Gasteiger partial charge is 0.481 e. The Morgan fingerprint density at radius 2 is 2.22 bits per heavy atom. The van der Waals surface area contributed by atoms with Crippen molar-refractivity contribution in [3.05, 3.63) is 22.4 Å². The van der Waals surface area contributed by atoms with Crippen LogP contribution < -0.4 is 0 Å². The van der Waals surface area contributed by atoms with Crippen LogP contribution in [0, 0.1) is 13.8 Å². The summed E-state index contributed by atoms with van der Waals surface area (Å²) in [7, 11) is 0. The van der Waals surface area contributed by atoms with E-state index in [2.05, 4.69) is 15.2 Å². The number of hydrogen-bond donors (Lipinski definition) is 1. The molecule has 2 rings (SSSR count). The van der Waals surface area contributed by atoms with E-state index in [4.69, 9.17) is 9.52 Å². The molecule has 2 aromatic heterocycles. The highest BCUT2D eigenvalue weighted by Crippen LogP contribution is 2.29. The van der Waals surface area contributed by atoms with Crippen molar-refractivity contribution in [2.75, 3.05) is 0 Å². The zero-order valence-electron chi connectivity index (χ0n) is 9.84. The van der Waals surface area contributed by atoms with Crippen LogP contribution in [-0.4, -0.2) is 26.3 Å². The molecule has 0 radical (unpaired) electrons. The molecule has 0 amide bonds. The summed E-state index contributed by atoms with van der Waals surface area (Å²) in [6.45, 7) is 3.55. The monoisotopic (exact) mass is 285 g/mol. The first-order valence-electron chi connectivity index (χ1n) is 5.14. The molecule has 0 aliphatic rings. The molecule has 2 heterocycles. The van der Waals surface area contributed by atoms with Gasteiger partial charge in [-0.3, -0.25) is 4.79 Å². The number of carboxylic acid groups (broad SMARTS) is 1. The van der Waals surface area contributed by atoms with E-state index in [0.29, 0.717) is 17.5 Å². The summed E-state index contributed by atoms with van der Waals surface area (Å²) in [4.78, 5) is 15.7. The first-order chi connectivity index (χ1) is 8.54. The summed E-state index contributed by atoms with van der Waals surface area (Å²) >= 11 is 2.86. The molecule has 0 saturated heterocycles. The van der Waals surface area contributed by atoms with E-state index >= 15 is 0 Å². The van der Waals surface area contributed by atoms with E-state index < -0.39 is 5.97 Å². The second-order valence-electron chi connectivity index (χ2n) is 3.56. The van der Waals surface area contributed by atoms with Gasteiger partial charge in [-0.25, -0.2) is 4.98 Å². The number of aromatic nitrogens is 3. The van der Waals surface area contributed by atoms with Gasteiger partial charge in [0.25, 0.3) is 0 Å². The SMILES string of the molecule is Cc1nnc(CSc2nc(C)c(CC(=O)O)s2)o1. The summed E-state index contributed by atoms with van der Waals surface area (Å²) in [5.41, 5.74) is 0.770. The molecule has 18 heavy (non-hydrogen) atoms. The smallest absolute Gasteiger partial charge is 0.308 e. The van der Waals surface area contributed by atoms with E-state index in [0.717, 1.165) is 14.9 Å². The third kappa shape index (κ3) is 3.30. The van der Waals surface area contributed by atoms with Gasteiger partial charge in [-0.15, -0.1) is 21.5 Å². The maximum absolute atomic E-state index is 10.7. The zero-order valence-corrected chi connectivity index (χ0v) is 11.5. The Kier molecular flexibility index (Phi) is 3.97. The van der Waals surface area contributed by atoms with Crippen molar-refractivity contribution in [3.8, 4) is 0 Å². The van der Waals surface area contributed by atoms with Crippen molar-refractivity contribution < 1.29 is 14.3 Å². The number of hydrogen-bond acceptors (Lipinski definition) is 7. The van der Waals surface area contributed by atoms with E-state index in [9.17, 15) is 4.79 Å². The molecule has 2 aromatic rings. The Bertz CT molecular complexity index is 564. The summed E-state index contributed by atoms with van der Waals surface area (Å²) in [6, 6.07) is 0. The van der Waals surface area contributed by atoms with Gasteiger partial charge in [0.05, 0.1) is 17.9 Å². The van der Waals surface area contributed by atoms with Crippen LogP contribution >= 0.6 is 23.1 Å². The highest BCUT2D eigenvalue weighted by molar-refractivity contribution is 8.00. The predicted octanol–water partition coefficient (Wildman–Crippen LogP) is 2.06. The van der Waals surface area contributed by atoms with Crippen LogP contribution in [0.3, 0.4) is 0 Å². The standard InChI is InChI=1S/C10H11N3O3S2/c1-5-7(3-9(14)15)18-10(11-5)17-4-8-13-12-6(2)16-8/h3-4H2,1-2H3,(H,14,15). The third-order valence-corrected chi connectivity index (χ3v) is 4.36. The van der Waals surface area contributed by atoms with Gasteiger partial charge >= 0.3 is 5.97 Å². The van der Waals surface area contributed by atoms with Gasteiger partial charge in [-0.2, -0.15) is 0 Å². The minimum Gasteiger partial charge on any atom is -0.481 e. The third-order valence-electron chi connectivity index (χ3n) is 2.07. The Morgan fingerprint density at radius 3 is 2.83 bits per heavy atom. The van der Waals surface area contributed by atoms with Gasteiger partial charge in [0.1, 0.15) is 0 Å². The van der Waals surface area contributed by atoms with Crippen LogP contribution in [0.15, 0.2) is 8.76 Å². The Balaban J connectivity index is 1.99. The fourth-order valence-corrected chi connectivity index (χ4v) is 3.35. The molecule has 0 spiro atoms. The highest BCUT2D eigenvalue weighted by Gasteiger charge is 2.12. The van der Waals surface area contributed by atoms with Gasteiger partial charge in [0, 0.05) is 11.8 Å². The van der Waals surface area contributed by atoms with Crippen LogP contribution in [-0.2, 0) is 17.0 Å². The van der Waals surface area contributed by atoms with Crippen LogP contribution in [0.4, 0.5) is 0 Å². The summed E-state index contributed by atoms with van der Waals surface area (Å²) in [5.74, 6) is 0.781. The molecular weight excluding hydrogens is 274 g/mol. The molecule has 1 N–H and O–H groups in total. The van der Waals surface area contributed by atoms with E-state index in [-0.39, 0.29) is 6.42 Å². The molecule has 0 saturated carbocycles. The second-order valence-corrected chi connectivity index (χ2v) is 5.87. The van der Waals surface area contributed by atoms with Crippen LogP contribution in [0.2, 0.25) is 0 Å². The molecule has 0 aliphatic heterocycles. The lowest BCUT2D eigenvalue weighted by Crippen LogP contribution is -1.99. The lowest BCUT2D eigenvalue weighted by molar-refractivity contribution is -0.136.